The Bertz CT molecular complexity index is 186. The normalized spacial score (nSPS) is 32.1. The number of allylic oxidation sites excluding steroid dienone is 4. The quantitative estimate of drug-likeness (QED) is 0.617. The van der Waals surface area contributed by atoms with Crippen LogP contribution in [-0.2, 0) is 0 Å². The van der Waals surface area contributed by atoms with E-state index in [0.29, 0.717) is 0 Å². The molecule has 0 nitrogen and oxygen atoms in total. The average molecular weight is 242 g/mol. The molecule has 0 amide bonds. The van der Waals surface area contributed by atoms with Gasteiger partial charge in [0.05, 0.1) is 4.87 Å². The number of hydrogen-bond donors (Lipinski definition) is 0. The molecule has 0 radical (unpaired) electrons. The van der Waals surface area contributed by atoms with Gasteiger partial charge in [-0.05, 0) is 6.08 Å². The van der Waals surface area contributed by atoms with Gasteiger partial charge < -0.3 is 0 Å². The Morgan fingerprint density at radius 3 is 2.80 bits per heavy atom. The molecule has 0 saturated carbocycles. The highest BCUT2D eigenvalue weighted by Crippen LogP contribution is 2.32. The molecule has 3 heteroatoms. The first-order chi connectivity index (χ1) is 4.66. The molecule has 0 N–H and O–H groups in total. The number of alkyl halides is 2. The van der Waals surface area contributed by atoms with Gasteiger partial charge in [-0.25, -0.2) is 0 Å². The molecule has 0 aromatic carbocycles. The van der Waals surface area contributed by atoms with Gasteiger partial charge >= 0.3 is 0 Å². The van der Waals surface area contributed by atoms with Crippen LogP contribution in [0, 0.1) is 0 Å². The van der Waals surface area contributed by atoms with Crippen molar-refractivity contribution in [1.82, 2.24) is 0 Å². The van der Waals surface area contributed by atoms with Crippen LogP contribution in [0.5, 0.6) is 0 Å². The zero-order chi connectivity index (χ0) is 7.61. The highest BCUT2D eigenvalue weighted by Gasteiger charge is 2.25. The molecule has 0 heterocycles. The SMILES string of the molecule is ClC1=CC=CC(Cl)(CBr)C1. The summed E-state index contributed by atoms with van der Waals surface area (Å²) < 4.78 is 0. The molecule has 0 aromatic heterocycles. The molecular weight excluding hydrogens is 235 g/mol. The number of hydrogen-bond acceptors (Lipinski definition) is 0. The van der Waals surface area contributed by atoms with Gasteiger partial charge in [0.1, 0.15) is 0 Å². The fraction of sp³-hybridized carbons (Fsp3) is 0.429. The second-order valence-corrected chi connectivity index (χ2v) is 4.12. The van der Waals surface area contributed by atoms with E-state index in [4.69, 9.17) is 23.2 Å². The Hall–Kier alpha value is 0.540. The molecule has 56 valence electrons. The summed E-state index contributed by atoms with van der Waals surface area (Å²) in [6.45, 7) is 0. The van der Waals surface area contributed by atoms with Crippen LogP contribution in [0.4, 0.5) is 0 Å². The van der Waals surface area contributed by atoms with Crippen LogP contribution in [0.2, 0.25) is 0 Å². The highest BCUT2D eigenvalue weighted by molar-refractivity contribution is 9.09. The minimum Gasteiger partial charge on any atom is -0.113 e. The van der Waals surface area contributed by atoms with Crippen molar-refractivity contribution in [3.8, 4) is 0 Å². The lowest BCUT2D eigenvalue weighted by atomic mass is 10.0. The first kappa shape index (κ1) is 8.63. The number of halogens is 3. The Kier molecular flexibility index (Phi) is 2.84. The lowest BCUT2D eigenvalue weighted by Gasteiger charge is -2.22. The molecule has 1 aliphatic carbocycles. The second-order valence-electron chi connectivity index (χ2n) is 2.32. The molecule has 0 fully saturated rings. The molecule has 0 saturated heterocycles. The zero-order valence-electron chi connectivity index (χ0n) is 5.28. The van der Waals surface area contributed by atoms with Crippen LogP contribution in [0.3, 0.4) is 0 Å². The van der Waals surface area contributed by atoms with E-state index < -0.39 is 0 Å². The maximum Gasteiger partial charge on any atom is 0.0774 e. The van der Waals surface area contributed by atoms with Crippen molar-refractivity contribution in [3.63, 3.8) is 0 Å². The third kappa shape index (κ3) is 2.01. The molecular formula is C7H7BrCl2. The van der Waals surface area contributed by atoms with Gasteiger partial charge in [0.15, 0.2) is 0 Å². The molecule has 10 heavy (non-hydrogen) atoms. The first-order valence-electron chi connectivity index (χ1n) is 2.95. The van der Waals surface area contributed by atoms with Gasteiger partial charge in [-0.15, -0.1) is 11.6 Å². The first-order valence-corrected chi connectivity index (χ1v) is 4.83. The van der Waals surface area contributed by atoms with E-state index in [1.807, 2.05) is 18.2 Å². The topological polar surface area (TPSA) is 0 Å². The predicted octanol–water partition coefficient (Wildman–Crippen LogP) is 3.44. The lowest BCUT2D eigenvalue weighted by molar-refractivity contribution is 0.791. The zero-order valence-corrected chi connectivity index (χ0v) is 8.38. The fourth-order valence-electron chi connectivity index (χ4n) is 0.815. The molecule has 1 unspecified atom stereocenters. The Labute approximate surface area is 79.0 Å². The van der Waals surface area contributed by atoms with Crippen LogP contribution in [0.15, 0.2) is 23.3 Å². The van der Waals surface area contributed by atoms with E-state index in [2.05, 4.69) is 15.9 Å². The number of rotatable bonds is 1. The van der Waals surface area contributed by atoms with E-state index in [-0.39, 0.29) is 4.87 Å². The van der Waals surface area contributed by atoms with Gasteiger partial charge in [-0.3, -0.25) is 0 Å². The Morgan fingerprint density at radius 1 is 1.70 bits per heavy atom. The summed E-state index contributed by atoms with van der Waals surface area (Å²) >= 11 is 15.2. The van der Waals surface area contributed by atoms with Crippen molar-refractivity contribution >= 4 is 39.1 Å². The monoisotopic (exact) mass is 240 g/mol. The molecule has 1 rings (SSSR count). The smallest absolute Gasteiger partial charge is 0.0774 e. The van der Waals surface area contributed by atoms with Gasteiger partial charge in [-0.2, -0.15) is 0 Å². The van der Waals surface area contributed by atoms with Crippen molar-refractivity contribution in [2.75, 3.05) is 5.33 Å². The van der Waals surface area contributed by atoms with Crippen molar-refractivity contribution in [1.29, 1.82) is 0 Å². The van der Waals surface area contributed by atoms with Crippen molar-refractivity contribution in [2.45, 2.75) is 11.3 Å². The van der Waals surface area contributed by atoms with Crippen molar-refractivity contribution in [2.24, 2.45) is 0 Å². The van der Waals surface area contributed by atoms with Gasteiger partial charge in [0, 0.05) is 16.8 Å². The predicted molar refractivity (Wildman–Crippen MR) is 50.1 cm³/mol. The standard InChI is InChI=1S/C7H7BrCl2/c8-5-7(10)3-1-2-6(9)4-7/h1-3H,4-5H2. The maximum absolute atomic E-state index is 6.10. The van der Waals surface area contributed by atoms with Crippen molar-refractivity contribution in [3.05, 3.63) is 23.3 Å². The summed E-state index contributed by atoms with van der Waals surface area (Å²) in [5.41, 5.74) is 0. The van der Waals surface area contributed by atoms with Crippen LogP contribution < -0.4 is 0 Å². The van der Waals surface area contributed by atoms with Gasteiger partial charge in [0.25, 0.3) is 0 Å². The molecule has 0 spiro atoms. The largest absolute Gasteiger partial charge is 0.113 e. The van der Waals surface area contributed by atoms with E-state index in [1.54, 1.807) is 0 Å². The second kappa shape index (κ2) is 3.29. The van der Waals surface area contributed by atoms with E-state index in [9.17, 15) is 0 Å². The molecule has 0 bridgehead atoms. The third-order valence-corrected chi connectivity index (χ3v) is 3.33. The third-order valence-electron chi connectivity index (χ3n) is 1.36. The van der Waals surface area contributed by atoms with Crippen molar-refractivity contribution < 1.29 is 0 Å². The fourth-order valence-corrected chi connectivity index (χ4v) is 1.80. The minimum atomic E-state index is -0.300. The summed E-state index contributed by atoms with van der Waals surface area (Å²) in [5.74, 6) is 0. The summed E-state index contributed by atoms with van der Waals surface area (Å²) in [5, 5.41) is 1.55. The van der Waals surface area contributed by atoms with Crippen LogP contribution >= 0.6 is 39.1 Å². The summed E-state index contributed by atoms with van der Waals surface area (Å²) in [6.07, 6.45) is 6.43. The molecule has 0 aromatic rings. The average Bonchev–Trinajstić information content (AvgIpc) is 1.88. The minimum absolute atomic E-state index is 0.300. The van der Waals surface area contributed by atoms with E-state index >= 15 is 0 Å². The summed E-state index contributed by atoms with van der Waals surface area (Å²) in [4.78, 5) is -0.300. The highest BCUT2D eigenvalue weighted by atomic mass is 79.9. The lowest BCUT2D eigenvalue weighted by Crippen LogP contribution is -2.21. The van der Waals surface area contributed by atoms with Crippen LogP contribution in [0.1, 0.15) is 6.42 Å². The van der Waals surface area contributed by atoms with E-state index in [1.165, 1.54) is 0 Å². The van der Waals surface area contributed by atoms with Gasteiger partial charge in [-0.1, -0.05) is 39.7 Å². The maximum atomic E-state index is 6.10. The molecule has 1 aliphatic rings. The Morgan fingerprint density at radius 2 is 2.40 bits per heavy atom. The van der Waals surface area contributed by atoms with Crippen LogP contribution in [0.25, 0.3) is 0 Å². The molecule has 1 atom stereocenters. The van der Waals surface area contributed by atoms with Crippen LogP contribution in [-0.4, -0.2) is 10.2 Å². The summed E-state index contributed by atoms with van der Waals surface area (Å²) in [7, 11) is 0. The van der Waals surface area contributed by atoms with E-state index in [0.717, 1.165) is 16.8 Å². The van der Waals surface area contributed by atoms with Gasteiger partial charge in [0.2, 0.25) is 0 Å². The Balaban J connectivity index is 2.71. The summed E-state index contributed by atoms with van der Waals surface area (Å²) in [6, 6.07) is 0. The molecule has 0 aliphatic heterocycles.